The summed E-state index contributed by atoms with van der Waals surface area (Å²) in [5.74, 6) is -0.273. The summed E-state index contributed by atoms with van der Waals surface area (Å²) in [6.07, 6.45) is 0. The highest BCUT2D eigenvalue weighted by Crippen LogP contribution is 2.25. The molecule has 0 aliphatic heterocycles. The van der Waals surface area contributed by atoms with Crippen molar-refractivity contribution in [2.45, 2.75) is 19.6 Å². The molecule has 0 aliphatic carbocycles. The summed E-state index contributed by atoms with van der Waals surface area (Å²) < 4.78 is 27.2. The fraction of sp³-hybridized carbons (Fsp3) is 0.312. The minimum Gasteiger partial charge on any atom is -0.338 e. The second-order valence-electron chi connectivity index (χ2n) is 4.99. The third kappa shape index (κ3) is 4.56. The van der Waals surface area contributed by atoms with Crippen molar-refractivity contribution in [3.8, 4) is 0 Å². The molecule has 1 aromatic heterocycles. The van der Waals surface area contributed by atoms with Crippen molar-refractivity contribution in [1.29, 1.82) is 0 Å². The summed E-state index contributed by atoms with van der Waals surface area (Å²) in [5.41, 5.74) is 1.05. The van der Waals surface area contributed by atoms with E-state index in [1.807, 2.05) is 19.9 Å². The number of thiophene rings is 1. The molecule has 7 heteroatoms. The van der Waals surface area contributed by atoms with Crippen molar-refractivity contribution in [3.63, 3.8) is 0 Å². The number of nitrogens with one attached hydrogen (secondary N) is 1. The number of rotatable bonds is 7. The summed E-state index contributed by atoms with van der Waals surface area (Å²) >= 11 is 1.25. The second kappa shape index (κ2) is 7.61. The molecule has 1 aromatic carbocycles. The van der Waals surface area contributed by atoms with E-state index in [0.29, 0.717) is 29.2 Å². The predicted octanol–water partition coefficient (Wildman–Crippen LogP) is 3.17. The molecule has 0 saturated heterocycles. The molecule has 0 unspecified atom stereocenters. The second-order valence-corrected chi connectivity index (χ2v) is 7.63. The average molecular weight is 352 g/mol. The molecule has 0 spiro atoms. The number of carbonyl (C=O) groups is 1. The molecule has 2 rings (SSSR count). The van der Waals surface area contributed by atoms with Crippen LogP contribution in [0.5, 0.6) is 0 Å². The van der Waals surface area contributed by atoms with Crippen molar-refractivity contribution in [2.24, 2.45) is 0 Å². The lowest BCUT2D eigenvalue weighted by atomic mass is 10.2. The minimum absolute atomic E-state index is 0.122. The zero-order valence-corrected chi connectivity index (χ0v) is 14.8. The van der Waals surface area contributed by atoms with Gasteiger partial charge in [0.1, 0.15) is 4.88 Å². The van der Waals surface area contributed by atoms with Gasteiger partial charge < -0.3 is 4.90 Å². The Morgan fingerprint density at radius 3 is 2.39 bits per heavy atom. The number of amides is 1. The van der Waals surface area contributed by atoms with E-state index in [9.17, 15) is 13.2 Å². The number of hydrogen-bond donors (Lipinski definition) is 1. The van der Waals surface area contributed by atoms with Gasteiger partial charge in [0.2, 0.25) is 10.0 Å². The Bertz CT molecular complexity index is 751. The van der Waals surface area contributed by atoms with E-state index in [4.69, 9.17) is 0 Å². The molecule has 23 heavy (non-hydrogen) atoms. The maximum atomic E-state index is 12.4. The standard InChI is InChI=1S/C16H20N2O3S2/c1-3-18(4-2)16(19)15-14(10-11-22-15)17-23(20,21)12-13-8-6-5-7-9-13/h5-11,17H,3-4,12H2,1-2H3. The average Bonchev–Trinajstić information content (AvgIpc) is 2.96. The number of benzene rings is 1. The van der Waals surface area contributed by atoms with E-state index < -0.39 is 10.0 Å². The van der Waals surface area contributed by atoms with Crippen LogP contribution in [0.25, 0.3) is 0 Å². The number of hydrogen-bond acceptors (Lipinski definition) is 4. The lowest BCUT2D eigenvalue weighted by molar-refractivity contribution is 0.0779. The van der Waals surface area contributed by atoms with Gasteiger partial charge in [0.05, 0.1) is 11.4 Å². The summed E-state index contributed by atoms with van der Waals surface area (Å²) in [6, 6.07) is 10.6. The van der Waals surface area contributed by atoms with Gasteiger partial charge in [0, 0.05) is 13.1 Å². The smallest absolute Gasteiger partial charge is 0.266 e. The highest BCUT2D eigenvalue weighted by Gasteiger charge is 2.21. The highest BCUT2D eigenvalue weighted by atomic mass is 32.2. The summed E-state index contributed by atoms with van der Waals surface area (Å²) in [6.45, 7) is 4.97. The first-order chi connectivity index (χ1) is 11.0. The molecule has 1 heterocycles. The maximum Gasteiger partial charge on any atom is 0.266 e. The first-order valence-electron chi connectivity index (χ1n) is 7.38. The van der Waals surface area contributed by atoms with Gasteiger partial charge in [-0.1, -0.05) is 30.3 Å². The van der Waals surface area contributed by atoms with Crippen molar-refractivity contribution in [3.05, 3.63) is 52.2 Å². The molecule has 0 saturated carbocycles. The molecule has 1 N–H and O–H groups in total. The molecule has 0 fully saturated rings. The van der Waals surface area contributed by atoms with E-state index in [0.717, 1.165) is 0 Å². The maximum absolute atomic E-state index is 12.4. The van der Waals surface area contributed by atoms with Crippen LogP contribution in [0.3, 0.4) is 0 Å². The molecule has 0 atom stereocenters. The van der Waals surface area contributed by atoms with Crippen LogP contribution in [0.4, 0.5) is 5.69 Å². The topological polar surface area (TPSA) is 66.5 Å². The zero-order chi connectivity index (χ0) is 16.9. The Kier molecular flexibility index (Phi) is 5.79. The Labute approximate surface area is 141 Å². The monoisotopic (exact) mass is 352 g/mol. The van der Waals surface area contributed by atoms with Crippen LogP contribution >= 0.6 is 11.3 Å². The van der Waals surface area contributed by atoms with Crippen molar-refractivity contribution in [2.75, 3.05) is 17.8 Å². The Morgan fingerprint density at radius 1 is 1.13 bits per heavy atom. The molecule has 0 aliphatic rings. The van der Waals surface area contributed by atoms with E-state index >= 15 is 0 Å². The number of nitrogens with zero attached hydrogens (tertiary/aromatic N) is 1. The molecule has 1 amide bonds. The number of anilines is 1. The lowest BCUT2D eigenvalue weighted by Gasteiger charge is -2.18. The van der Waals surface area contributed by atoms with Crippen LogP contribution in [0.1, 0.15) is 29.1 Å². The lowest BCUT2D eigenvalue weighted by Crippen LogP contribution is -2.30. The quantitative estimate of drug-likeness (QED) is 0.832. The van der Waals surface area contributed by atoms with Gasteiger partial charge in [-0.25, -0.2) is 8.42 Å². The van der Waals surface area contributed by atoms with E-state index in [-0.39, 0.29) is 11.7 Å². The highest BCUT2D eigenvalue weighted by molar-refractivity contribution is 7.91. The van der Waals surface area contributed by atoms with Gasteiger partial charge in [-0.05, 0) is 30.9 Å². The third-order valence-corrected chi connectivity index (χ3v) is 5.52. The van der Waals surface area contributed by atoms with Crippen molar-refractivity contribution >= 4 is 33.0 Å². The summed E-state index contributed by atoms with van der Waals surface area (Å²) in [7, 11) is -3.57. The van der Waals surface area contributed by atoms with Gasteiger partial charge in [0.15, 0.2) is 0 Å². The number of sulfonamides is 1. The molecule has 124 valence electrons. The molecule has 0 bridgehead atoms. The van der Waals surface area contributed by atoms with Crippen LogP contribution in [0.15, 0.2) is 41.8 Å². The van der Waals surface area contributed by atoms with E-state index in [1.165, 1.54) is 11.3 Å². The predicted molar refractivity (Wildman–Crippen MR) is 94.3 cm³/mol. The van der Waals surface area contributed by atoms with Crippen LogP contribution in [0, 0.1) is 0 Å². The Morgan fingerprint density at radius 2 is 1.78 bits per heavy atom. The van der Waals surface area contributed by atoms with Crippen LogP contribution in [0.2, 0.25) is 0 Å². The zero-order valence-electron chi connectivity index (χ0n) is 13.2. The fourth-order valence-electron chi connectivity index (χ4n) is 2.21. The molecule has 0 radical (unpaired) electrons. The molecular formula is C16H20N2O3S2. The van der Waals surface area contributed by atoms with Gasteiger partial charge in [0.25, 0.3) is 5.91 Å². The van der Waals surface area contributed by atoms with Crippen molar-refractivity contribution in [1.82, 2.24) is 4.90 Å². The SMILES string of the molecule is CCN(CC)C(=O)c1sccc1NS(=O)(=O)Cc1ccccc1. The first-order valence-corrected chi connectivity index (χ1v) is 9.91. The van der Waals surface area contributed by atoms with E-state index in [1.54, 1.807) is 40.6 Å². The van der Waals surface area contributed by atoms with Crippen LogP contribution < -0.4 is 4.72 Å². The Balaban J connectivity index is 2.18. The number of carbonyl (C=O) groups excluding carboxylic acids is 1. The third-order valence-electron chi connectivity index (χ3n) is 3.38. The summed E-state index contributed by atoms with van der Waals surface area (Å²) in [4.78, 5) is 14.5. The molecular weight excluding hydrogens is 332 g/mol. The minimum atomic E-state index is -3.57. The van der Waals surface area contributed by atoms with Gasteiger partial charge in [-0.15, -0.1) is 11.3 Å². The van der Waals surface area contributed by atoms with Crippen molar-refractivity contribution < 1.29 is 13.2 Å². The van der Waals surface area contributed by atoms with Gasteiger partial charge >= 0.3 is 0 Å². The largest absolute Gasteiger partial charge is 0.338 e. The fourth-order valence-corrected chi connectivity index (χ4v) is 4.30. The van der Waals surface area contributed by atoms with Gasteiger partial charge in [-0.2, -0.15) is 0 Å². The first kappa shape index (κ1) is 17.5. The molecule has 5 nitrogen and oxygen atoms in total. The Hall–Kier alpha value is -1.86. The van der Waals surface area contributed by atoms with Gasteiger partial charge in [-0.3, -0.25) is 9.52 Å². The molecule has 2 aromatic rings. The normalized spacial score (nSPS) is 11.2. The van der Waals surface area contributed by atoms with Crippen LogP contribution in [-0.4, -0.2) is 32.3 Å². The van der Waals surface area contributed by atoms with Crippen LogP contribution in [-0.2, 0) is 15.8 Å². The summed E-state index contributed by atoms with van der Waals surface area (Å²) in [5, 5.41) is 1.72. The van der Waals surface area contributed by atoms with E-state index in [2.05, 4.69) is 4.72 Å².